The van der Waals surface area contributed by atoms with Gasteiger partial charge in [-0.2, -0.15) is 0 Å². The summed E-state index contributed by atoms with van der Waals surface area (Å²) in [4.78, 5) is 9.11. The first-order valence-corrected chi connectivity index (χ1v) is 7.67. The van der Waals surface area contributed by atoms with E-state index < -0.39 is 0 Å². The van der Waals surface area contributed by atoms with E-state index in [1.807, 2.05) is 20.0 Å². The number of aliphatic imine (C=N–C) groups is 1. The summed E-state index contributed by atoms with van der Waals surface area (Å²) < 4.78 is 5.44. The van der Waals surface area contributed by atoms with Gasteiger partial charge in [0.25, 0.3) is 0 Å². The SMILES string of the molecule is CCNC(=NCc1ncc(C)c(OC)c1C)NCC1CC1. The first-order chi connectivity index (χ1) is 10.2. The lowest BCUT2D eigenvalue weighted by atomic mass is 10.1. The number of guanidine groups is 1. The summed E-state index contributed by atoms with van der Waals surface area (Å²) in [5.41, 5.74) is 3.09. The molecule has 5 heteroatoms. The number of pyridine rings is 1. The fourth-order valence-corrected chi connectivity index (χ4v) is 2.29. The van der Waals surface area contributed by atoms with E-state index >= 15 is 0 Å². The Kier molecular flexibility index (Phi) is 5.42. The lowest BCUT2D eigenvalue weighted by Gasteiger charge is -2.13. The Hall–Kier alpha value is -1.78. The van der Waals surface area contributed by atoms with Gasteiger partial charge in [-0.05, 0) is 39.5 Å². The highest BCUT2D eigenvalue weighted by molar-refractivity contribution is 5.79. The minimum atomic E-state index is 0.558. The molecule has 0 aliphatic heterocycles. The Balaban J connectivity index is 2.05. The van der Waals surface area contributed by atoms with Crippen LogP contribution in [0.2, 0.25) is 0 Å². The molecule has 116 valence electrons. The van der Waals surface area contributed by atoms with E-state index in [2.05, 4.69) is 27.5 Å². The van der Waals surface area contributed by atoms with Gasteiger partial charge in [-0.3, -0.25) is 4.98 Å². The average molecular weight is 290 g/mol. The molecule has 0 bridgehead atoms. The van der Waals surface area contributed by atoms with Crippen LogP contribution < -0.4 is 15.4 Å². The van der Waals surface area contributed by atoms with Crippen LogP contribution >= 0.6 is 0 Å². The average Bonchev–Trinajstić information content (AvgIpc) is 3.28. The fourth-order valence-electron chi connectivity index (χ4n) is 2.29. The van der Waals surface area contributed by atoms with Gasteiger partial charge in [0.15, 0.2) is 5.96 Å². The maximum atomic E-state index is 5.44. The molecule has 0 aromatic carbocycles. The van der Waals surface area contributed by atoms with E-state index in [1.54, 1.807) is 7.11 Å². The molecular formula is C16H26N4O. The molecule has 0 saturated heterocycles. The van der Waals surface area contributed by atoms with Gasteiger partial charge in [0.2, 0.25) is 0 Å². The van der Waals surface area contributed by atoms with Gasteiger partial charge >= 0.3 is 0 Å². The summed E-state index contributed by atoms with van der Waals surface area (Å²) in [6.45, 7) is 8.55. The number of hydrogen-bond donors (Lipinski definition) is 2. The van der Waals surface area contributed by atoms with Gasteiger partial charge < -0.3 is 15.4 Å². The fraction of sp³-hybridized carbons (Fsp3) is 0.625. The second-order valence-electron chi connectivity index (χ2n) is 5.57. The highest BCUT2D eigenvalue weighted by Gasteiger charge is 2.21. The predicted molar refractivity (Wildman–Crippen MR) is 85.8 cm³/mol. The van der Waals surface area contributed by atoms with Crippen LogP contribution in [0.15, 0.2) is 11.2 Å². The Bertz CT molecular complexity index is 509. The molecule has 1 aliphatic carbocycles. The van der Waals surface area contributed by atoms with Gasteiger partial charge in [0.05, 0.1) is 19.3 Å². The molecule has 0 radical (unpaired) electrons. The number of rotatable bonds is 6. The van der Waals surface area contributed by atoms with Gasteiger partial charge in [-0.15, -0.1) is 0 Å². The van der Waals surface area contributed by atoms with E-state index in [9.17, 15) is 0 Å². The summed E-state index contributed by atoms with van der Waals surface area (Å²) in [6.07, 6.45) is 4.52. The van der Waals surface area contributed by atoms with Crippen molar-refractivity contribution < 1.29 is 4.74 Å². The molecule has 2 rings (SSSR count). The normalized spacial score (nSPS) is 15.0. The first-order valence-electron chi connectivity index (χ1n) is 7.67. The third kappa shape index (κ3) is 4.34. The van der Waals surface area contributed by atoms with E-state index in [1.165, 1.54) is 12.8 Å². The highest BCUT2D eigenvalue weighted by Crippen LogP contribution is 2.27. The number of hydrogen-bond acceptors (Lipinski definition) is 3. The molecule has 0 atom stereocenters. The van der Waals surface area contributed by atoms with E-state index in [4.69, 9.17) is 4.74 Å². The van der Waals surface area contributed by atoms with Gasteiger partial charge in [-0.1, -0.05) is 0 Å². The Morgan fingerprint density at radius 1 is 1.38 bits per heavy atom. The van der Waals surface area contributed by atoms with Crippen LogP contribution in [0.3, 0.4) is 0 Å². The maximum Gasteiger partial charge on any atom is 0.191 e. The zero-order valence-corrected chi connectivity index (χ0v) is 13.5. The van der Waals surface area contributed by atoms with E-state index in [0.717, 1.165) is 47.5 Å². The van der Waals surface area contributed by atoms with Crippen LogP contribution in [0, 0.1) is 19.8 Å². The summed E-state index contributed by atoms with van der Waals surface area (Å²) in [6, 6.07) is 0. The van der Waals surface area contributed by atoms with Crippen LogP contribution in [0.4, 0.5) is 0 Å². The molecule has 1 fully saturated rings. The van der Waals surface area contributed by atoms with Crippen molar-refractivity contribution in [3.63, 3.8) is 0 Å². The molecule has 2 N–H and O–H groups in total. The minimum Gasteiger partial charge on any atom is -0.496 e. The molecule has 1 aromatic heterocycles. The summed E-state index contributed by atoms with van der Waals surface area (Å²) in [5.74, 6) is 2.60. The van der Waals surface area contributed by atoms with Crippen LogP contribution in [0.5, 0.6) is 5.75 Å². The molecule has 5 nitrogen and oxygen atoms in total. The summed E-state index contributed by atoms with van der Waals surface area (Å²) in [5, 5.41) is 6.67. The first kappa shape index (κ1) is 15.6. The molecule has 21 heavy (non-hydrogen) atoms. The number of aromatic nitrogens is 1. The molecule has 1 aliphatic rings. The molecule has 1 saturated carbocycles. The Morgan fingerprint density at radius 3 is 2.76 bits per heavy atom. The second-order valence-corrected chi connectivity index (χ2v) is 5.57. The van der Waals surface area contributed by atoms with Gasteiger partial charge in [0.1, 0.15) is 5.75 Å². The number of methoxy groups -OCH3 is 1. The third-order valence-corrected chi connectivity index (χ3v) is 3.74. The second kappa shape index (κ2) is 7.29. The van der Waals surface area contributed by atoms with Crippen LogP contribution in [-0.4, -0.2) is 31.1 Å². The smallest absolute Gasteiger partial charge is 0.191 e. The zero-order valence-electron chi connectivity index (χ0n) is 13.5. The standard InChI is InChI=1S/C16H26N4O/c1-5-17-16(19-9-13-6-7-13)20-10-14-12(3)15(21-4)11(2)8-18-14/h8,13H,5-7,9-10H2,1-4H3,(H2,17,19,20). The molecule has 1 aromatic rings. The quantitative estimate of drug-likeness (QED) is 0.623. The van der Waals surface area contributed by atoms with Crippen molar-refractivity contribution in [2.45, 2.75) is 40.2 Å². The third-order valence-electron chi connectivity index (χ3n) is 3.74. The minimum absolute atomic E-state index is 0.558. The lowest BCUT2D eigenvalue weighted by Crippen LogP contribution is -2.38. The van der Waals surface area contributed by atoms with Crippen molar-refractivity contribution >= 4 is 5.96 Å². The zero-order chi connectivity index (χ0) is 15.2. The molecule has 0 spiro atoms. The predicted octanol–water partition coefficient (Wildman–Crippen LogP) is 2.17. The topological polar surface area (TPSA) is 58.5 Å². The van der Waals surface area contributed by atoms with Crippen molar-refractivity contribution in [3.8, 4) is 5.75 Å². The van der Waals surface area contributed by atoms with Crippen LogP contribution in [0.1, 0.15) is 36.6 Å². The molecular weight excluding hydrogens is 264 g/mol. The summed E-state index contributed by atoms with van der Waals surface area (Å²) >= 11 is 0. The van der Waals surface area contributed by atoms with Crippen LogP contribution in [-0.2, 0) is 6.54 Å². The van der Waals surface area contributed by atoms with Crippen LogP contribution in [0.25, 0.3) is 0 Å². The van der Waals surface area contributed by atoms with Crippen molar-refractivity contribution in [1.29, 1.82) is 0 Å². The number of nitrogens with zero attached hydrogens (tertiary/aromatic N) is 2. The monoisotopic (exact) mass is 290 g/mol. The van der Waals surface area contributed by atoms with E-state index in [-0.39, 0.29) is 0 Å². The largest absolute Gasteiger partial charge is 0.496 e. The Morgan fingerprint density at radius 2 is 2.14 bits per heavy atom. The van der Waals surface area contributed by atoms with Crippen molar-refractivity contribution in [1.82, 2.24) is 15.6 Å². The van der Waals surface area contributed by atoms with Gasteiger partial charge in [-0.25, -0.2) is 4.99 Å². The maximum absolute atomic E-state index is 5.44. The summed E-state index contributed by atoms with van der Waals surface area (Å²) in [7, 11) is 1.70. The van der Waals surface area contributed by atoms with Crippen molar-refractivity contribution in [2.75, 3.05) is 20.2 Å². The Labute approximate surface area is 127 Å². The molecule has 1 heterocycles. The molecule has 0 amide bonds. The number of aryl methyl sites for hydroxylation is 1. The van der Waals surface area contributed by atoms with Crippen molar-refractivity contribution in [3.05, 3.63) is 23.0 Å². The lowest BCUT2D eigenvalue weighted by molar-refractivity contribution is 0.407. The highest BCUT2D eigenvalue weighted by atomic mass is 16.5. The number of ether oxygens (including phenoxy) is 1. The number of nitrogens with one attached hydrogen (secondary N) is 2. The van der Waals surface area contributed by atoms with Crippen molar-refractivity contribution in [2.24, 2.45) is 10.9 Å². The molecule has 0 unspecified atom stereocenters. The van der Waals surface area contributed by atoms with E-state index in [0.29, 0.717) is 6.54 Å². The van der Waals surface area contributed by atoms with Gasteiger partial charge in [0, 0.05) is 30.4 Å².